The molecule has 0 bridgehead atoms. The third kappa shape index (κ3) is 4.46. The smallest absolute Gasteiger partial charge is 0.487 e. The minimum atomic E-state index is -4.74. The van der Waals surface area contributed by atoms with Crippen LogP contribution in [0.25, 0.3) is 10.1 Å². The SMILES string of the molecule is O=C(c1ccccc1)c1sc2ccccc2c1OCc1ccc(OC(F)(F)F)cc1. The molecule has 0 fully saturated rings. The van der Waals surface area contributed by atoms with Gasteiger partial charge in [0.05, 0.1) is 0 Å². The molecule has 1 heterocycles. The van der Waals surface area contributed by atoms with Crippen molar-refractivity contribution in [2.45, 2.75) is 13.0 Å². The third-order valence-electron chi connectivity index (χ3n) is 4.33. The van der Waals surface area contributed by atoms with Crippen LogP contribution in [0.4, 0.5) is 13.2 Å². The summed E-state index contributed by atoms with van der Waals surface area (Å²) in [5.41, 5.74) is 1.21. The highest BCUT2D eigenvalue weighted by Crippen LogP contribution is 2.39. The first kappa shape index (κ1) is 20.0. The number of carbonyl (C=O) groups is 1. The van der Waals surface area contributed by atoms with Crippen molar-refractivity contribution in [2.24, 2.45) is 0 Å². The predicted molar refractivity (Wildman–Crippen MR) is 109 cm³/mol. The maximum atomic E-state index is 13.0. The summed E-state index contributed by atoms with van der Waals surface area (Å²) in [7, 11) is 0. The van der Waals surface area contributed by atoms with Crippen LogP contribution in [0.15, 0.2) is 78.9 Å². The molecule has 0 spiro atoms. The second-order valence-corrected chi connectivity index (χ2v) is 7.48. The van der Waals surface area contributed by atoms with Crippen LogP contribution in [0.2, 0.25) is 0 Å². The fourth-order valence-corrected chi connectivity index (χ4v) is 4.09. The first-order chi connectivity index (χ1) is 14.4. The van der Waals surface area contributed by atoms with Crippen LogP contribution in [0.5, 0.6) is 11.5 Å². The van der Waals surface area contributed by atoms with Crippen LogP contribution in [0, 0.1) is 0 Å². The highest BCUT2D eigenvalue weighted by molar-refractivity contribution is 7.21. The topological polar surface area (TPSA) is 35.5 Å². The van der Waals surface area contributed by atoms with E-state index in [0.717, 1.165) is 10.1 Å². The van der Waals surface area contributed by atoms with E-state index in [1.807, 2.05) is 30.3 Å². The fraction of sp³-hybridized carbons (Fsp3) is 0.0870. The quantitative estimate of drug-likeness (QED) is 0.324. The summed E-state index contributed by atoms with van der Waals surface area (Å²) in [6.45, 7) is 0.0993. The molecular formula is C23H15F3O3S. The fourth-order valence-electron chi connectivity index (χ4n) is 2.98. The van der Waals surface area contributed by atoms with E-state index in [-0.39, 0.29) is 18.1 Å². The summed E-state index contributed by atoms with van der Waals surface area (Å²) in [4.78, 5) is 13.5. The monoisotopic (exact) mass is 428 g/mol. The summed E-state index contributed by atoms with van der Waals surface area (Å²) >= 11 is 1.35. The number of alkyl halides is 3. The maximum absolute atomic E-state index is 13.0. The summed E-state index contributed by atoms with van der Waals surface area (Å²) in [5.74, 6) is 0.0352. The molecule has 0 aliphatic rings. The van der Waals surface area contributed by atoms with Gasteiger partial charge in [-0.25, -0.2) is 0 Å². The molecule has 30 heavy (non-hydrogen) atoms. The normalized spacial score (nSPS) is 11.4. The third-order valence-corrected chi connectivity index (χ3v) is 5.48. The van der Waals surface area contributed by atoms with E-state index in [9.17, 15) is 18.0 Å². The van der Waals surface area contributed by atoms with Crippen LogP contribution >= 0.6 is 11.3 Å². The molecule has 4 aromatic rings. The van der Waals surface area contributed by atoms with Gasteiger partial charge in [-0.3, -0.25) is 4.79 Å². The van der Waals surface area contributed by atoms with Crippen LogP contribution in [0.1, 0.15) is 20.8 Å². The first-order valence-electron chi connectivity index (χ1n) is 8.99. The molecule has 152 valence electrons. The van der Waals surface area contributed by atoms with E-state index < -0.39 is 6.36 Å². The highest BCUT2D eigenvalue weighted by atomic mass is 32.1. The number of thiophene rings is 1. The number of rotatable bonds is 6. The number of carbonyl (C=O) groups excluding carboxylic acids is 1. The Hall–Kier alpha value is -3.32. The van der Waals surface area contributed by atoms with Gasteiger partial charge in [-0.05, 0) is 29.8 Å². The number of hydrogen-bond donors (Lipinski definition) is 0. The Kier molecular flexibility index (Phi) is 5.46. The van der Waals surface area contributed by atoms with Crippen molar-refractivity contribution in [3.05, 3.63) is 94.9 Å². The van der Waals surface area contributed by atoms with Gasteiger partial charge in [0, 0.05) is 15.6 Å². The molecule has 0 amide bonds. The lowest BCUT2D eigenvalue weighted by Gasteiger charge is -2.11. The lowest BCUT2D eigenvalue weighted by atomic mass is 10.1. The Morgan fingerprint density at radius 3 is 2.23 bits per heavy atom. The molecule has 0 saturated heterocycles. The zero-order chi connectivity index (χ0) is 21.1. The molecule has 7 heteroatoms. The second kappa shape index (κ2) is 8.20. The standard InChI is InChI=1S/C23H15F3O3S/c24-23(25,26)29-17-12-10-15(11-13-17)14-28-21-18-8-4-5-9-19(18)30-22(21)20(27)16-6-2-1-3-7-16/h1-13H,14H2. The van der Waals surface area contributed by atoms with E-state index in [2.05, 4.69) is 4.74 Å². The van der Waals surface area contributed by atoms with Gasteiger partial charge >= 0.3 is 6.36 Å². The molecule has 3 nitrogen and oxygen atoms in total. The zero-order valence-electron chi connectivity index (χ0n) is 15.5. The van der Waals surface area contributed by atoms with Crippen molar-refractivity contribution in [3.63, 3.8) is 0 Å². The van der Waals surface area contributed by atoms with E-state index in [4.69, 9.17) is 4.74 Å². The largest absolute Gasteiger partial charge is 0.573 e. The molecular weight excluding hydrogens is 413 g/mol. The number of ketones is 1. The van der Waals surface area contributed by atoms with Crippen molar-refractivity contribution in [1.29, 1.82) is 0 Å². The van der Waals surface area contributed by atoms with Gasteiger partial charge in [0.15, 0.2) is 0 Å². The summed E-state index contributed by atoms with van der Waals surface area (Å²) in [5, 5.41) is 0.818. The van der Waals surface area contributed by atoms with Crippen molar-refractivity contribution in [1.82, 2.24) is 0 Å². The van der Waals surface area contributed by atoms with E-state index in [1.165, 1.54) is 35.6 Å². The molecule has 0 unspecified atom stereocenters. The highest BCUT2D eigenvalue weighted by Gasteiger charge is 2.31. The minimum absolute atomic E-state index is 0.0993. The van der Waals surface area contributed by atoms with Crippen LogP contribution in [0.3, 0.4) is 0 Å². The first-order valence-corrected chi connectivity index (χ1v) is 9.81. The zero-order valence-corrected chi connectivity index (χ0v) is 16.3. The number of halogens is 3. The van der Waals surface area contributed by atoms with E-state index in [1.54, 1.807) is 24.3 Å². The molecule has 0 radical (unpaired) electrons. The molecule has 4 rings (SSSR count). The Bertz CT molecular complexity index is 1170. The van der Waals surface area contributed by atoms with Gasteiger partial charge in [-0.2, -0.15) is 0 Å². The molecule has 1 aromatic heterocycles. The molecule has 0 aliphatic heterocycles. The Morgan fingerprint density at radius 1 is 0.867 bits per heavy atom. The van der Waals surface area contributed by atoms with Gasteiger partial charge < -0.3 is 9.47 Å². The summed E-state index contributed by atoms with van der Waals surface area (Å²) < 4.78 is 47.7. The average molecular weight is 428 g/mol. The molecule has 0 saturated carbocycles. The number of fused-ring (bicyclic) bond motifs is 1. The van der Waals surface area contributed by atoms with E-state index in [0.29, 0.717) is 21.8 Å². The Morgan fingerprint density at radius 2 is 1.53 bits per heavy atom. The van der Waals surface area contributed by atoms with Crippen molar-refractivity contribution in [3.8, 4) is 11.5 Å². The van der Waals surface area contributed by atoms with Crippen LogP contribution in [-0.2, 0) is 6.61 Å². The van der Waals surface area contributed by atoms with Crippen molar-refractivity contribution >= 4 is 27.2 Å². The molecule has 0 N–H and O–H groups in total. The van der Waals surface area contributed by atoms with E-state index >= 15 is 0 Å². The number of hydrogen-bond acceptors (Lipinski definition) is 4. The lowest BCUT2D eigenvalue weighted by Crippen LogP contribution is -2.17. The van der Waals surface area contributed by atoms with Crippen LogP contribution in [-0.4, -0.2) is 12.1 Å². The Labute approximate surface area is 174 Å². The number of ether oxygens (including phenoxy) is 2. The summed E-state index contributed by atoms with van der Waals surface area (Å²) in [6, 6.07) is 21.9. The van der Waals surface area contributed by atoms with Gasteiger partial charge in [0.25, 0.3) is 0 Å². The number of benzene rings is 3. The van der Waals surface area contributed by atoms with Gasteiger partial charge in [-0.15, -0.1) is 24.5 Å². The minimum Gasteiger partial charge on any atom is -0.487 e. The Balaban J connectivity index is 1.60. The average Bonchev–Trinajstić information content (AvgIpc) is 3.11. The van der Waals surface area contributed by atoms with Gasteiger partial charge in [0.1, 0.15) is 23.0 Å². The predicted octanol–water partition coefficient (Wildman–Crippen LogP) is 6.61. The van der Waals surface area contributed by atoms with Gasteiger partial charge in [0.2, 0.25) is 5.78 Å². The molecule has 0 atom stereocenters. The summed E-state index contributed by atoms with van der Waals surface area (Å²) in [6.07, 6.45) is -4.74. The lowest BCUT2D eigenvalue weighted by molar-refractivity contribution is -0.274. The second-order valence-electron chi connectivity index (χ2n) is 6.43. The molecule has 0 aliphatic carbocycles. The molecule has 3 aromatic carbocycles. The van der Waals surface area contributed by atoms with Crippen molar-refractivity contribution in [2.75, 3.05) is 0 Å². The maximum Gasteiger partial charge on any atom is 0.573 e. The van der Waals surface area contributed by atoms with Crippen LogP contribution < -0.4 is 9.47 Å². The van der Waals surface area contributed by atoms with Gasteiger partial charge in [-0.1, -0.05) is 54.6 Å². The van der Waals surface area contributed by atoms with Crippen molar-refractivity contribution < 1.29 is 27.4 Å².